The van der Waals surface area contributed by atoms with E-state index in [1.165, 1.54) is 11.0 Å². The molecular formula is C13H15N5O3. The van der Waals surface area contributed by atoms with Gasteiger partial charge in [0.1, 0.15) is 11.4 Å². The van der Waals surface area contributed by atoms with Crippen LogP contribution in [-0.4, -0.2) is 38.0 Å². The van der Waals surface area contributed by atoms with Gasteiger partial charge in [0.15, 0.2) is 5.82 Å². The molecule has 0 aliphatic heterocycles. The van der Waals surface area contributed by atoms with Crippen LogP contribution in [0.4, 0.5) is 5.69 Å². The lowest BCUT2D eigenvalue weighted by atomic mass is 10.1. The van der Waals surface area contributed by atoms with Crippen LogP contribution in [-0.2, 0) is 6.54 Å². The van der Waals surface area contributed by atoms with Crippen LogP contribution in [0.1, 0.15) is 27.6 Å². The smallest absolute Gasteiger partial charge is 0.285 e. The monoisotopic (exact) mass is 289 g/mol. The van der Waals surface area contributed by atoms with E-state index in [1.807, 2.05) is 0 Å². The van der Waals surface area contributed by atoms with Crippen LogP contribution in [0.5, 0.6) is 0 Å². The number of hydrogen-bond acceptors (Lipinski definition) is 5. The predicted molar refractivity (Wildman–Crippen MR) is 74.8 cm³/mol. The van der Waals surface area contributed by atoms with Crippen LogP contribution in [0, 0.1) is 24.0 Å². The number of nitrogens with zero attached hydrogens (tertiary/aromatic N) is 4. The summed E-state index contributed by atoms with van der Waals surface area (Å²) in [5.74, 6) is 0.666. The molecule has 0 bridgehead atoms. The molecule has 0 saturated heterocycles. The number of amides is 1. The van der Waals surface area contributed by atoms with Gasteiger partial charge in [-0.3, -0.25) is 20.0 Å². The Kier molecular flexibility index (Phi) is 3.97. The first-order valence-corrected chi connectivity index (χ1v) is 6.27. The van der Waals surface area contributed by atoms with Gasteiger partial charge in [-0.2, -0.15) is 5.10 Å². The topological polar surface area (TPSA) is 105 Å². The highest BCUT2D eigenvalue weighted by Gasteiger charge is 2.25. The van der Waals surface area contributed by atoms with Gasteiger partial charge >= 0.3 is 0 Å². The van der Waals surface area contributed by atoms with Gasteiger partial charge in [-0.15, -0.1) is 0 Å². The quantitative estimate of drug-likeness (QED) is 0.680. The number of nitro groups is 1. The van der Waals surface area contributed by atoms with Crippen molar-refractivity contribution in [3.8, 4) is 0 Å². The summed E-state index contributed by atoms with van der Waals surface area (Å²) in [5, 5.41) is 17.8. The molecule has 0 atom stereocenters. The summed E-state index contributed by atoms with van der Waals surface area (Å²) < 4.78 is 0. The molecular weight excluding hydrogens is 274 g/mol. The lowest BCUT2D eigenvalue weighted by molar-refractivity contribution is -0.385. The Balaban J connectivity index is 2.27. The van der Waals surface area contributed by atoms with Gasteiger partial charge in [0.25, 0.3) is 11.6 Å². The fourth-order valence-electron chi connectivity index (χ4n) is 2.02. The van der Waals surface area contributed by atoms with Gasteiger partial charge in [0.05, 0.1) is 11.5 Å². The van der Waals surface area contributed by atoms with E-state index in [-0.39, 0.29) is 17.8 Å². The molecule has 1 aromatic heterocycles. The molecule has 1 aromatic carbocycles. The molecule has 0 radical (unpaired) electrons. The number of rotatable bonds is 4. The van der Waals surface area contributed by atoms with Crippen molar-refractivity contribution in [2.45, 2.75) is 20.4 Å². The molecule has 21 heavy (non-hydrogen) atoms. The standard InChI is InChI=1S/C13H15N5O3/c1-8-5-4-6-10(12(8)18(20)21)13(19)17(3)7-11-14-9(2)15-16-11/h4-6H,7H2,1-3H3,(H,14,15,16). The highest BCUT2D eigenvalue weighted by Crippen LogP contribution is 2.24. The number of nitro benzene ring substituents is 1. The van der Waals surface area contributed by atoms with Crippen molar-refractivity contribution in [3.63, 3.8) is 0 Å². The van der Waals surface area contributed by atoms with Gasteiger partial charge in [-0.05, 0) is 19.9 Å². The first-order chi connectivity index (χ1) is 9.90. The number of benzene rings is 1. The Morgan fingerprint density at radius 1 is 1.43 bits per heavy atom. The number of aromatic amines is 1. The van der Waals surface area contributed by atoms with Crippen molar-refractivity contribution in [2.75, 3.05) is 7.05 Å². The van der Waals surface area contributed by atoms with E-state index < -0.39 is 10.8 Å². The zero-order valence-corrected chi connectivity index (χ0v) is 12.0. The number of para-hydroxylation sites is 1. The third-order valence-corrected chi connectivity index (χ3v) is 3.02. The molecule has 0 unspecified atom stereocenters. The van der Waals surface area contributed by atoms with Gasteiger partial charge in [0.2, 0.25) is 0 Å². The van der Waals surface area contributed by atoms with E-state index in [0.29, 0.717) is 17.2 Å². The average Bonchev–Trinajstić information content (AvgIpc) is 2.82. The minimum Gasteiger partial charge on any atom is -0.334 e. The molecule has 1 N–H and O–H groups in total. The number of nitrogens with one attached hydrogen (secondary N) is 1. The lowest BCUT2D eigenvalue weighted by Crippen LogP contribution is -2.27. The van der Waals surface area contributed by atoms with Crippen LogP contribution in [0.25, 0.3) is 0 Å². The van der Waals surface area contributed by atoms with Gasteiger partial charge < -0.3 is 4.90 Å². The Hall–Kier alpha value is -2.77. The fraction of sp³-hybridized carbons (Fsp3) is 0.308. The van der Waals surface area contributed by atoms with Gasteiger partial charge in [-0.25, -0.2) is 4.98 Å². The second kappa shape index (κ2) is 5.70. The molecule has 8 heteroatoms. The predicted octanol–water partition coefficient (Wildman–Crippen LogP) is 1.60. The molecule has 2 rings (SSSR count). The largest absolute Gasteiger partial charge is 0.334 e. The van der Waals surface area contributed by atoms with Crippen molar-refractivity contribution in [2.24, 2.45) is 0 Å². The number of aromatic nitrogens is 3. The van der Waals surface area contributed by atoms with Crippen LogP contribution in [0.3, 0.4) is 0 Å². The summed E-state index contributed by atoms with van der Waals surface area (Å²) in [5.41, 5.74) is 0.350. The van der Waals surface area contributed by atoms with Crippen LogP contribution in [0.15, 0.2) is 18.2 Å². The molecule has 0 aliphatic rings. The second-order valence-electron chi connectivity index (χ2n) is 4.73. The van der Waals surface area contributed by atoms with E-state index in [4.69, 9.17) is 0 Å². The maximum Gasteiger partial charge on any atom is 0.285 e. The Morgan fingerprint density at radius 2 is 2.14 bits per heavy atom. The highest BCUT2D eigenvalue weighted by atomic mass is 16.6. The molecule has 1 heterocycles. The first kappa shape index (κ1) is 14.6. The van der Waals surface area contributed by atoms with Crippen molar-refractivity contribution >= 4 is 11.6 Å². The van der Waals surface area contributed by atoms with Gasteiger partial charge in [-0.1, -0.05) is 12.1 Å². The van der Waals surface area contributed by atoms with Crippen molar-refractivity contribution < 1.29 is 9.72 Å². The molecule has 110 valence electrons. The van der Waals surface area contributed by atoms with Crippen LogP contribution in [0.2, 0.25) is 0 Å². The zero-order valence-electron chi connectivity index (χ0n) is 12.0. The number of carbonyl (C=O) groups is 1. The van der Waals surface area contributed by atoms with Crippen LogP contribution >= 0.6 is 0 Å². The number of H-pyrrole nitrogens is 1. The van der Waals surface area contributed by atoms with Crippen molar-refractivity contribution in [3.05, 3.63) is 51.1 Å². The number of hydrogen-bond donors (Lipinski definition) is 1. The third kappa shape index (κ3) is 3.04. The fourth-order valence-corrected chi connectivity index (χ4v) is 2.02. The summed E-state index contributed by atoms with van der Waals surface area (Å²) in [6.45, 7) is 3.53. The molecule has 0 fully saturated rings. The van der Waals surface area contributed by atoms with Gasteiger partial charge in [0, 0.05) is 12.6 Å². The normalized spacial score (nSPS) is 10.4. The van der Waals surface area contributed by atoms with Crippen molar-refractivity contribution in [1.29, 1.82) is 0 Å². The van der Waals surface area contributed by atoms with E-state index >= 15 is 0 Å². The Morgan fingerprint density at radius 3 is 2.71 bits per heavy atom. The summed E-state index contributed by atoms with van der Waals surface area (Å²) in [6, 6.07) is 4.68. The maximum absolute atomic E-state index is 12.4. The molecule has 8 nitrogen and oxygen atoms in total. The molecule has 1 amide bonds. The number of carbonyl (C=O) groups excluding carboxylic acids is 1. The minimum atomic E-state index is -0.534. The molecule has 0 aliphatic carbocycles. The minimum absolute atomic E-state index is 0.0646. The Bertz CT molecular complexity index is 695. The van der Waals surface area contributed by atoms with Crippen LogP contribution < -0.4 is 0 Å². The van der Waals surface area contributed by atoms with E-state index in [9.17, 15) is 14.9 Å². The summed E-state index contributed by atoms with van der Waals surface area (Å²) in [7, 11) is 1.56. The van der Waals surface area contributed by atoms with E-state index in [2.05, 4.69) is 15.2 Å². The lowest BCUT2D eigenvalue weighted by Gasteiger charge is -2.15. The first-order valence-electron chi connectivity index (χ1n) is 6.27. The summed E-state index contributed by atoms with van der Waals surface area (Å²) in [6.07, 6.45) is 0. The SMILES string of the molecule is Cc1nc(CN(C)C(=O)c2cccc(C)c2[N+](=O)[O-])n[nH]1. The summed E-state index contributed by atoms with van der Waals surface area (Å²) >= 11 is 0. The van der Waals surface area contributed by atoms with E-state index in [0.717, 1.165) is 0 Å². The van der Waals surface area contributed by atoms with Crippen molar-refractivity contribution in [1.82, 2.24) is 20.1 Å². The molecule has 0 spiro atoms. The molecule has 0 saturated carbocycles. The Labute approximate surface area is 121 Å². The zero-order chi connectivity index (χ0) is 15.6. The molecule has 2 aromatic rings. The highest BCUT2D eigenvalue weighted by molar-refractivity contribution is 5.98. The average molecular weight is 289 g/mol. The summed E-state index contributed by atoms with van der Waals surface area (Å²) in [4.78, 5) is 28.5. The third-order valence-electron chi connectivity index (χ3n) is 3.02. The second-order valence-corrected chi connectivity index (χ2v) is 4.73. The maximum atomic E-state index is 12.4. The number of aryl methyl sites for hydroxylation is 2. The van der Waals surface area contributed by atoms with E-state index in [1.54, 1.807) is 33.0 Å².